The quantitative estimate of drug-likeness (QED) is 0.854. The lowest BCUT2D eigenvalue weighted by Gasteiger charge is -2.56. The molecule has 0 radical (unpaired) electrons. The lowest BCUT2D eigenvalue weighted by atomic mass is 9.49. The van der Waals surface area contributed by atoms with Gasteiger partial charge in [-0.2, -0.15) is 0 Å². The molecule has 4 saturated carbocycles. The maximum Gasteiger partial charge on any atom is 0.337 e. The molecule has 4 fully saturated rings. The number of hydrogen-bond donors (Lipinski definition) is 2. The molecule has 102 valence electrons. The van der Waals surface area contributed by atoms with Gasteiger partial charge in [0.1, 0.15) is 0 Å². The van der Waals surface area contributed by atoms with Crippen LogP contribution >= 0.6 is 0 Å². The zero-order valence-corrected chi connectivity index (χ0v) is 11.4. The van der Waals surface area contributed by atoms with Gasteiger partial charge in [-0.05, 0) is 69.3 Å². The molecule has 4 aliphatic carbocycles. The Morgan fingerprint density at radius 1 is 1.21 bits per heavy atom. The fourth-order valence-corrected chi connectivity index (χ4v) is 5.51. The van der Waals surface area contributed by atoms with Crippen LogP contribution in [0.5, 0.6) is 0 Å². The van der Waals surface area contributed by atoms with E-state index < -0.39 is 5.97 Å². The standard InChI is InChI=1S/C16H21NO2/c1-9-13(15(18)19)5-14(17-9)16-6-10-2-11(7-16)4-12(3-10)8-16/h5,10-12,17H,2-4,6-8H2,1H3,(H,18,19). The van der Waals surface area contributed by atoms with Gasteiger partial charge in [0, 0.05) is 16.8 Å². The van der Waals surface area contributed by atoms with Crippen molar-refractivity contribution in [1.29, 1.82) is 0 Å². The summed E-state index contributed by atoms with van der Waals surface area (Å²) < 4.78 is 0. The normalized spacial score (nSPS) is 39.7. The van der Waals surface area contributed by atoms with Crippen LogP contribution in [-0.4, -0.2) is 16.1 Å². The van der Waals surface area contributed by atoms with E-state index in [2.05, 4.69) is 4.98 Å². The summed E-state index contributed by atoms with van der Waals surface area (Å²) >= 11 is 0. The molecule has 5 rings (SSSR count). The number of carboxylic acids is 1. The fourth-order valence-electron chi connectivity index (χ4n) is 5.51. The molecule has 0 unspecified atom stereocenters. The minimum atomic E-state index is -0.801. The van der Waals surface area contributed by atoms with E-state index in [4.69, 9.17) is 0 Å². The van der Waals surface area contributed by atoms with Gasteiger partial charge in [-0.1, -0.05) is 0 Å². The Labute approximate surface area is 113 Å². The summed E-state index contributed by atoms with van der Waals surface area (Å²) in [6.07, 6.45) is 8.09. The summed E-state index contributed by atoms with van der Waals surface area (Å²) in [5, 5.41) is 9.24. The van der Waals surface area contributed by atoms with E-state index >= 15 is 0 Å². The average molecular weight is 259 g/mol. The molecule has 3 nitrogen and oxygen atoms in total. The molecule has 0 spiro atoms. The molecule has 0 aliphatic heterocycles. The third kappa shape index (κ3) is 1.60. The predicted octanol–water partition coefficient (Wildman–Crippen LogP) is 3.49. The van der Waals surface area contributed by atoms with Crippen LogP contribution < -0.4 is 0 Å². The number of rotatable bonds is 2. The lowest BCUT2D eigenvalue weighted by Crippen LogP contribution is -2.48. The fraction of sp³-hybridized carbons (Fsp3) is 0.688. The van der Waals surface area contributed by atoms with Crippen molar-refractivity contribution in [3.8, 4) is 0 Å². The average Bonchev–Trinajstić information content (AvgIpc) is 2.70. The molecule has 1 heterocycles. The smallest absolute Gasteiger partial charge is 0.337 e. The van der Waals surface area contributed by atoms with Crippen LogP contribution in [0.2, 0.25) is 0 Å². The van der Waals surface area contributed by atoms with Crippen molar-refractivity contribution in [3.63, 3.8) is 0 Å². The maximum atomic E-state index is 11.2. The molecule has 0 amide bonds. The van der Waals surface area contributed by atoms with Crippen LogP contribution in [0.3, 0.4) is 0 Å². The van der Waals surface area contributed by atoms with Gasteiger partial charge in [0.2, 0.25) is 0 Å². The van der Waals surface area contributed by atoms with Crippen molar-refractivity contribution in [1.82, 2.24) is 4.98 Å². The van der Waals surface area contributed by atoms with E-state index in [1.54, 1.807) is 0 Å². The number of carbonyl (C=O) groups is 1. The van der Waals surface area contributed by atoms with Gasteiger partial charge in [0.15, 0.2) is 0 Å². The molecule has 0 atom stereocenters. The maximum absolute atomic E-state index is 11.2. The monoisotopic (exact) mass is 259 g/mol. The topological polar surface area (TPSA) is 53.1 Å². The van der Waals surface area contributed by atoms with Gasteiger partial charge in [-0.3, -0.25) is 0 Å². The molecule has 2 N–H and O–H groups in total. The lowest BCUT2D eigenvalue weighted by molar-refractivity contribution is -0.00701. The van der Waals surface area contributed by atoms with Gasteiger partial charge in [-0.25, -0.2) is 4.79 Å². The highest BCUT2D eigenvalue weighted by Gasteiger charge is 2.52. The van der Waals surface area contributed by atoms with Crippen molar-refractivity contribution >= 4 is 5.97 Å². The summed E-state index contributed by atoms with van der Waals surface area (Å²) in [6, 6.07) is 1.92. The first-order chi connectivity index (χ1) is 9.06. The number of aromatic amines is 1. The highest BCUT2D eigenvalue weighted by atomic mass is 16.4. The Bertz CT molecular complexity index is 508. The van der Waals surface area contributed by atoms with E-state index in [1.807, 2.05) is 13.0 Å². The van der Waals surface area contributed by atoms with Gasteiger partial charge in [0.05, 0.1) is 5.56 Å². The molecule has 0 saturated heterocycles. The first-order valence-corrected chi connectivity index (χ1v) is 7.49. The summed E-state index contributed by atoms with van der Waals surface area (Å²) in [6.45, 7) is 1.88. The molecule has 3 heteroatoms. The third-order valence-electron chi connectivity index (χ3n) is 5.85. The first-order valence-electron chi connectivity index (χ1n) is 7.49. The van der Waals surface area contributed by atoms with E-state index in [1.165, 1.54) is 44.2 Å². The highest BCUT2D eigenvalue weighted by molar-refractivity contribution is 5.89. The number of aryl methyl sites for hydroxylation is 1. The number of nitrogens with one attached hydrogen (secondary N) is 1. The van der Waals surface area contributed by atoms with E-state index in [0.29, 0.717) is 5.56 Å². The van der Waals surface area contributed by atoms with Crippen LogP contribution in [0.15, 0.2) is 6.07 Å². The summed E-state index contributed by atoms with van der Waals surface area (Å²) in [4.78, 5) is 14.6. The van der Waals surface area contributed by atoms with Crippen LogP contribution in [-0.2, 0) is 5.41 Å². The first kappa shape index (κ1) is 11.6. The van der Waals surface area contributed by atoms with Crippen molar-refractivity contribution in [2.45, 2.75) is 50.9 Å². The Kier molecular flexibility index (Phi) is 2.22. The zero-order valence-electron chi connectivity index (χ0n) is 11.4. The second-order valence-electron chi connectivity index (χ2n) is 7.22. The Morgan fingerprint density at radius 3 is 2.16 bits per heavy atom. The van der Waals surface area contributed by atoms with Crippen molar-refractivity contribution in [2.24, 2.45) is 17.8 Å². The number of carboxylic acid groups (broad SMARTS) is 1. The van der Waals surface area contributed by atoms with Crippen LogP contribution in [0.25, 0.3) is 0 Å². The van der Waals surface area contributed by atoms with Gasteiger partial charge < -0.3 is 10.1 Å². The molecular formula is C16H21NO2. The van der Waals surface area contributed by atoms with Crippen LogP contribution in [0, 0.1) is 24.7 Å². The minimum absolute atomic E-state index is 0.271. The number of H-pyrrole nitrogens is 1. The molecular weight excluding hydrogens is 238 g/mol. The summed E-state index contributed by atoms with van der Waals surface area (Å²) in [5.74, 6) is 1.87. The third-order valence-corrected chi connectivity index (χ3v) is 5.85. The van der Waals surface area contributed by atoms with Gasteiger partial charge in [0.25, 0.3) is 0 Å². The number of hydrogen-bond acceptors (Lipinski definition) is 1. The van der Waals surface area contributed by atoms with E-state index in [9.17, 15) is 9.90 Å². The summed E-state index contributed by atoms with van der Waals surface area (Å²) in [7, 11) is 0. The number of aromatic nitrogens is 1. The Balaban J connectivity index is 1.75. The molecule has 1 aromatic rings. The predicted molar refractivity (Wildman–Crippen MR) is 72.3 cm³/mol. The summed E-state index contributed by atoms with van der Waals surface area (Å²) in [5.41, 5.74) is 2.76. The second-order valence-corrected chi connectivity index (χ2v) is 7.22. The minimum Gasteiger partial charge on any atom is -0.478 e. The van der Waals surface area contributed by atoms with Crippen LogP contribution in [0.1, 0.15) is 60.3 Å². The molecule has 0 aromatic carbocycles. The van der Waals surface area contributed by atoms with E-state index in [-0.39, 0.29) is 5.41 Å². The molecule has 19 heavy (non-hydrogen) atoms. The van der Waals surface area contributed by atoms with Gasteiger partial charge >= 0.3 is 5.97 Å². The molecule has 1 aromatic heterocycles. The molecule has 4 bridgehead atoms. The van der Waals surface area contributed by atoms with E-state index in [0.717, 1.165) is 23.4 Å². The number of aromatic carboxylic acids is 1. The molecule has 4 aliphatic rings. The van der Waals surface area contributed by atoms with Gasteiger partial charge in [-0.15, -0.1) is 0 Å². The largest absolute Gasteiger partial charge is 0.478 e. The highest BCUT2D eigenvalue weighted by Crippen LogP contribution is 2.60. The zero-order chi connectivity index (χ0) is 13.2. The second kappa shape index (κ2) is 3.65. The Hall–Kier alpha value is -1.25. The van der Waals surface area contributed by atoms with Crippen molar-refractivity contribution in [3.05, 3.63) is 23.0 Å². The van der Waals surface area contributed by atoms with Crippen molar-refractivity contribution in [2.75, 3.05) is 0 Å². The Morgan fingerprint density at radius 2 is 1.74 bits per heavy atom. The van der Waals surface area contributed by atoms with Crippen LogP contribution in [0.4, 0.5) is 0 Å². The SMILES string of the molecule is Cc1[nH]c(C23CC4CC(CC(C4)C2)C3)cc1C(=O)O. The van der Waals surface area contributed by atoms with Crippen molar-refractivity contribution < 1.29 is 9.90 Å².